The van der Waals surface area contributed by atoms with Crippen molar-refractivity contribution >= 4 is 16.8 Å². The third kappa shape index (κ3) is 3.68. The second kappa shape index (κ2) is 7.08. The molecule has 0 spiro atoms. The summed E-state index contributed by atoms with van der Waals surface area (Å²) in [5.41, 5.74) is 1.59. The van der Waals surface area contributed by atoms with Gasteiger partial charge in [0.2, 0.25) is 5.91 Å². The van der Waals surface area contributed by atoms with Crippen molar-refractivity contribution in [1.82, 2.24) is 10.3 Å². The normalized spacial score (nSPS) is 10.7. The summed E-state index contributed by atoms with van der Waals surface area (Å²) >= 11 is 0. The molecular weight excluding hydrogens is 307 g/mol. The predicted octanol–water partition coefficient (Wildman–Crippen LogP) is 2.92. The molecular formula is C19H17FN2O2. The number of amides is 1. The van der Waals surface area contributed by atoms with Crippen molar-refractivity contribution in [2.45, 2.75) is 19.4 Å². The Morgan fingerprint density at radius 3 is 2.62 bits per heavy atom. The van der Waals surface area contributed by atoms with Crippen molar-refractivity contribution in [3.8, 4) is 0 Å². The Balaban J connectivity index is 1.61. The lowest BCUT2D eigenvalue weighted by molar-refractivity contribution is -0.121. The van der Waals surface area contributed by atoms with Crippen LogP contribution in [0.25, 0.3) is 10.9 Å². The molecule has 0 saturated heterocycles. The highest BCUT2D eigenvalue weighted by molar-refractivity contribution is 5.79. The number of nitrogens with one attached hydrogen (secondary N) is 2. The summed E-state index contributed by atoms with van der Waals surface area (Å²) in [5.74, 6) is -0.561. The van der Waals surface area contributed by atoms with Crippen molar-refractivity contribution in [3.63, 3.8) is 0 Å². The molecule has 3 aromatic rings. The minimum absolute atomic E-state index is 0.138. The molecule has 0 saturated carbocycles. The topological polar surface area (TPSA) is 62.0 Å². The second-order valence-corrected chi connectivity index (χ2v) is 5.58. The molecule has 0 aliphatic rings. The van der Waals surface area contributed by atoms with Crippen LogP contribution in [-0.2, 0) is 17.8 Å². The quantitative estimate of drug-likeness (QED) is 0.758. The van der Waals surface area contributed by atoms with Gasteiger partial charge < -0.3 is 10.3 Å². The van der Waals surface area contributed by atoms with Crippen LogP contribution >= 0.6 is 0 Å². The van der Waals surface area contributed by atoms with Crippen LogP contribution in [0.2, 0.25) is 0 Å². The Bertz CT molecular complexity index is 934. The Kier molecular flexibility index (Phi) is 4.70. The van der Waals surface area contributed by atoms with Crippen LogP contribution in [0.3, 0.4) is 0 Å². The first-order valence-corrected chi connectivity index (χ1v) is 7.74. The van der Waals surface area contributed by atoms with Crippen LogP contribution < -0.4 is 10.9 Å². The average Bonchev–Trinajstić information content (AvgIpc) is 2.59. The summed E-state index contributed by atoms with van der Waals surface area (Å²) in [7, 11) is 0. The van der Waals surface area contributed by atoms with Crippen LogP contribution in [0.4, 0.5) is 4.39 Å². The molecule has 0 unspecified atom stereocenters. The number of aromatic nitrogens is 1. The Morgan fingerprint density at radius 2 is 1.79 bits per heavy atom. The number of para-hydroxylation sites is 1. The second-order valence-electron chi connectivity index (χ2n) is 5.58. The number of hydrogen-bond donors (Lipinski definition) is 2. The summed E-state index contributed by atoms with van der Waals surface area (Å²) in [4.78, 5) is 26.8. The highest BCUT2D eigenvalue weighted by Crippen LogP contribution is 2.11. The van der Waals surface area contributed by atoms with E-state index in [4.69, 9.17) is 0 Å². The molecule has 1 heterocycles. The summed E-state index contributed by atoms with van der Waals surface area (Å²) in [6.45, 7) is 0.138. The van der Waals surface area contributed by atoms with Crippen LogP contribution in [0.1, 0.15) is 17.5 Å². The van der Waals surface area contributed by atoms with Gasteiger partial charge in [-0.05, 0) is 30.0 Å². The molecule has 3 rings (SSSR count). The van der Waals surface area contributed by atoms with E-state index in [0.29, 0.717) is 17.5 Å². The van der Waals surface area contributed by atoms with Gasteiger partial charge in [-0.3, -0.25) is 9.59 Å². The lowest BCUT2D eigenvalue weighted by atomic mass is 10.1. The van der Waals surface area contributed by atoms with E-state index in [1.165, 1.54) is 6.07 Å². The van der Waals surface area contributed by atoms with E-state index in [2.05, 4.69) is 10.3 Å². The van der Waals surface area contributed by atoms with Crippen molar-refractivity contribution < 1.29 is 9.18 Å². The molecule has 4 nitrogen and oxygen atoms in total. The van der Waals surface area contributed by atoms with E-state index in [-0.39, 0.29) is 30.2 Å². The maximum Gasteiger partial charge on any atom is 0.251 e. The number of carbonyl (C=O) groups excluding carboxylic acids is 1. The van der Waals surface area contributed by atoms with Gasteiger partial charge in [0.25, 0.3) is 5.56 Å². The van der Waals surface area contributed by atoms with Crippen molar-refractivity contribution in [2.75, 3.05) is 0 Å². The molecule has 0 radical (unpaired) electrons. The minimum Gasteiger partial charge on any atom is -0.352 e. The standard InChI is InChI=1S/C19H17FN2O2/c20-16-7-3-1-6-15(16)12-21-18(23)10-9-14-11-13-5-2-4-8-17(13)22-19(14)24/h1-8,11H,9-10,12H2,(H,21,23)(H,22,24). The zero-order valence-electron chi connectivity index (χ0n) is 13.0. The van der Waals surface area contributed by atoms with E-state index in [1.54, 1.807) is 24.3 Å². The first-order valence-electron chi connectivity index (χ1n) is 7.74. The number of fused-ring (bicyclic) bond motifs is 1. The fraction of sp³-hybridized carbons (Fsp3) is 0.158. The maximum atomic E-state index is 13.5. The van der Waals surface area contributed by atoms with Crippen molar-refractivity contribution in [2.24, 2.45) is 0 Å². The zero-order valence-corrected chi connectivity index (χ0v) is 13.0. The zero-order chi connectivity index (χ0) is 16.9. The molecule has 1 aromatic heterocycles. The lowest BCUT2D eigenvalue weighted by Crippen LogP contribution is -2.24. The van der Waals surface area contributed by atoms with Crippen LogP contribution in [0, 0.1) is 5.82 Å². The molecule has 0 atom stereocenters. The van der Waals surface area contributed by atoms with Crippen molar-refractivity contribution in [1.29, 1.82) is 0 Å². The van der Waals surface area contributed by atoms with Crippen LogP contribution in [0.5, 0.6) is 0 Å². The van der Waals surface area contributed by atoms with Gasteiger partial charge in [-0.2, -0.15) is 0 Å². The van der Waals surface area contributed by atoms with Crippen molar-refractivity contribution in [3.05, 3.63) is 81.9 Å². The smallest absolute Gasteiger partial charge is 0.251 e. The van der Waals surface area contributed by atoms with E-state index >= 15 is 0 Å². The third-order valence-electron chi connectivity index (χ3n) is 3.89. The monoisotopic (exact) mass is 324 g/mol. The van der Waals surface area contributed by atoms with Gasteiger partial charge in [0.05, 0.1) is 0 Å². The first-order chi connectivity index (χ1) is 11.6. The molecule has 1 amide bonds. The summed E-state index contributed by atoms with van der Waals surface area (Å²) in [5, 5.41) is 3.60. The molecule has 2 N–H and O–H groups in total. The van der Waals surface area contributed by atoms with Gasteiger partial charge in [0.1, 0.15) is 5.82 Å². The maximum absolute atomic E-state index is 13.5. The highest BCUT2D eigenvalue weighted by atomic mass is 19.1. The Morgan fingerprint density at radius 1 is 1.04 bits per heavy atom. The number of aromatic amines is 1. The Labute approximate surface area is 138 Å². The fourth-order valence-electron chi connectivity index (χ4n) is 2.55. The van der Waals surface area contributed by atoms with E-state index in [0.717, 1.165) is 10.9 Å². The number of halogens is 1. The number of H-pyrrole nitrogens is 1. The highest BCUT2D eigenvalue weighted by Gasteiger charge is 2.08. The van der Waals surface area contributed by atoms with E-state index < -0.39 is 0 Å². The predicted molar refractivity (Wildman–Crippen MR) is 91.1 cm³/mol. The number of pyridine rings is 1. The van der Waals surface area contributed by atoms with E-state index in [9.17, 15) is 14.0 Å². The molecule has 0 fully saturated rings. The molecule has 5 heteroatoms. The molecule has 24 heavy (non-hydrogen) atoms. The minimum atomic E-state index is -0.344. The average molecular weight is 324 g/mol. The summed E-state index contributed by atoms with van der Waals surface area (Å²) in [6.07, 6.45) is 0.513. The number of carbonyl (C=O) groups is 1. The van der Waals surface area contributed by atoms with Crippen LogP contribution in [0.15, 0.2) is 59.4 Å². The molecule has 2 aromatic carbocycles. The number of aryl methyl sites for hydroxylation is 1. The molecule has 0 aliphatic carbocycles. The SMILES string of the molecule is O=C(CCc1cc2ccccc2[nH]c1=O)NCc1ccccc1F. The van der Waals surface area contributed by atoms with Gasteiger partial charge >= 0.3 is 0 Å². The lowest BCUT2D eigenvalue weighted by Gasteiger charge is -2.07. The Hall–Kier alpha value is -2.95. The number of hydrogen-bond acceptors (Lipinski definition) is 2. The van der Waals surface area contributed by atoms with Gasteiger partial charge in [0, 0.05) is 29.6 Å². The van der Waals surface area contributed by atoms with Gasteiger partial charge in [0.15, 0.2) is 0 Å². The van der Waals surface area contributed by atoms with Gasteiger partial charge in [-0.15, -0.1) is 0 Å². The molecule has 0 aliphatic heterocycles. The first kappa shape index (κ1) is 15.9. The number of benzene rings is 2. The van der Waals surface area contributed by atoms with Gasteiger partial charge in [-0.1, -0.05) is 36.4 Å². The fourth-order valence-corrected chi connectivity index (χ4v) is 2.55. The van der Waals surface area contributed by atoms with E-state index in [1.807, 2.05) is 24.3 Å². The van der Waals surface area contributed by atoms with Gasteiger partial charge in [-0.25, -0.2) is 4.39 Å². The number of rotatable bonds is 5. The molecule has 122 valence electrons. The van der Waals surface area contributed by atoms with Crippen LogP contribution in [-0.4, -0.2) is 10.9 Å². The largest absolute Gasteiger partial charge is 0.352 e. The summed E-state index contributed by atoms with van der Waals surface area (Å²) < 4.78 is 13.5. The third-order valence-corrected chi connectivity index (χ3v) is 3.89. The molecule has 0 bridgehead atoms. The summed E-state index contributed by atoms with van der Waals surface area (Å²) in [6, 6.07) is 15.6.